The minimum atomic E-state index is -4.21. The summed E-state index contributed by atoms with van der Waals surface area (Å²) in [5, 5.41) is 4.62. The van der Waals surface area contributed by atoms with Gasteiger partial charge >= 0.3 is 0 Å². The molecule has 0 radical (unpaired) electrons. The fourth-order valence-electron chi connectivity index (χ4n) is 4.03. The molecule has 0 amide bonds. The van der Waals surface area contributed by atoms with Crippen molar-refractivity contribution in [3.63, 3.8) is 0 Å². The van der Waals surface area contributed by atoms with Gasteiger partial charge in [-0.25, -0.2) is 8.42 Å². The first-order valence-electron chi connectivity index (χ1n) is 10.8. The molecule has 0 aromatic heterocycles. The summed E-state index contributed by atoms with van der Waals surface area (Å²) in [6.45, 7) is 3.26. The molecule has 0 spiro atoms. The third-order valence-electron chi connectivity index (χ3n) is 5.93. The topological polar surface area (TPSA) is 90.0 Å². The van der Waals surface area contributed by atoms with Gasteiger partial charge in [-0.1, -0.05) is 36.4 Å². The first kappa shape index (κ1) is 24.6. The number of fused-ring (bicyclic) bond motifs is 1. The van der Waals surface area contributed by atoms with Gasteiger partial charge in [-0.2, -0.15) is 12.2 Å². The minimum absolute atomic E-state index is 0.0382. The Morgan fingerprint density at radius 1 is 0.912 bits per heavy atom. The van der Waals surface area contributed by atoms with Crippen LogP contribution in [-0.2, 0) is 20.0 Å². The van der Waals surface area contributed by atoms with Gasteiger partial charge in [0.2, 0.25) is 10.0 Å². The highest BCUT2D eigenvalue weighted by atomic mass is 35.5. The summed E-state index contributed by atoms with van der Waals surface area (Å²) in [5.41, 5.74) is 1.03. The van der Waals surface area contributed by atoms with Gasteiger partial charge in [0.25, 0.3) is 10.0 Å². The number of nitrogens with one attached hydrogen (secondary N) is 1. The van der Waals surface area contributed by atoms with Gasteiger partial charge in [-0.05, 0) is 42.6 Å². The molecule has 1 aliphatic rings. The van der Waals surface area contributed by atoms with Crippen molar-refractivity contribution in [3.05, 3.63) is 60.7 Å². The van der Waals surface area contributed by atoms with Crippen LogP contribution in [0.5, 0.6) is 0 Å². The highest BCUT2D eigenvalue weighted by Gasteiger charge is 2.30. The molecule has 11 heteroatoms. The molecule has 0 atom stereocenters. The summed E-state index contributed by atoms with van der Waals surface area (Å²) in [4.78, 5) is 2.18. The summed E-state index contributed by atoms with van der Waals surface area (Å²) in [6.07, 6.45) is 2.01. The molecule has 1 saturated heterocycles. The summed E-state index contributed by atoms with van der Waals surface area (Å²) in [6, 6.07) is 17.1. The number of anilines is 3. The van der Waals surface area contributed by atoms with Gasteiger partial charge in [-0.3, -0.25) is 4.31 Å². The first-order valence-corrected chi connectivity index (χ1v) is 14.5. The number of sulfonamides is 2. The van der Waals surface area contributed by atoms with Gasteiger partial charge in [0.15, 0.2) is 0 Å². The van der Waals surface area contributed by atoms with Crippen LogP contribution < -0.4 is 18.3 Å². The van der Waals surface area contributed by atoms with Gasteiger partial charge in [0.05, 0.1) is 22.5 Å². The minimum Gasteiger partial charge on any atom is -0.370 e. The second-order valence-electron chi connectivity index (χ2n) is 8.19. The Morgan fingerprint density at radius 2 is 1.65 bits per heavy atom. The third-order valence-corrected chi connectivity index (χ3v) is 9.38. The molecule has 8 nitrogen and oxygen atoms in total. The Labute approximate surface area is 205 Å². The second kappa shape index (κ2) is 9.61. The molecule has 3 aromatic rings. The Balaban J connectivity index is 1.83. The predicted molar refractivity (Wildman–Crippen MR) is 139 cm³/mol. The van der Waals surface area contributed by atoms with Crippen LogP contribution in [0.3, 0.4) is 0 Å². The number of hydrogen-bond acceptors (Lipinski definition) is 6. The maximum Gasteiger partial charge on any atom is 0.278 e. The van der Waals surface area contributed by atoms with Crippen molar-refractivity contribution < 1.29 is 16.8 Å². The Bertz CT molecular complexity index is 1400. The lowest BCUT2D eigenvalue weighted by Gasteiger charge is -2.28. The highest BCUT2D eigenvalue weighted by molar-refractivity contribution is 7.94. The Hall–Kier alpha value is -2.53. The molecule has 0 saturated carbocycles. The van der Waals surface area contributed by atoms with Crippen molar-refractivity contribution in [1.82, 2.24) is 5.32 Å². The standard InChI is InChI=1S/C23H27ClN4O4S2/c1-26(33(2,29)30)22-17-19(27-15-6-13-25-14-16-27)11-12-21(22)28(24)34(31,32)23-10-5-8-18-7-3-4-9-20(18)23/h3-5,7-12,17,25H,6,13-16H2,1-2H3. The van der Waals surface area contributed by atoms with Crippen molar-refractivity contribution in [2.75, 3.05) is 52.5 Å². The lowest BCUT2D eigenvalue weighted by Crippen LogP contribution is -2.30. The van der Waals surface area contributed by atoms with Gasteiger partial charge in [0, 0.05) is 49.5 Å². The molecule has 3 aromatic carbocycles. The second-order valence-corrected chi connectivity index (χ2v) is 12.5. The molecule has 1 heterocycles. The fourth-order valence-corrected chi connectivity index (χ4v) is 6.20. The van der Waals surface area contributed by atoms with Crippen LogP contribution >= 0.6 is 11.8 Å². The van der Waals surface area contributed by atoms with E-state index in [1.54, 1.807) is 36.4 Å². The molecule has 0 aliphatic carbocycles. The molecular formula is C23H27ClN4O4S2. The smallest absolute Gasteiger partial charge is 0.278 e. The van der Waals surface area contributed by atoms with E-state index in [0.717, 1.165) is 54.2 Å². The van der Waals surface area contributed by atoms with E-state index in [1.807, 2.05) is 18.2 Å². The highest BCUT2D eigenvalue weighted by Crippen LogP contribution is 2.39. The normalized spacial score (nSPS) is 15.2. The third kappa shape index (κ3) is 4.81. The Kier molecular flexibility index (Phi) is 6.95. The zero-order chi connectivity index (χ0) is 24.5. The van der Waals surface area contributed by atoms with Crippen LogP contribution in [0.4, 0.5) is 17.1 Å². The number of nitrogens with zero attached hydrogens (tertiary/aromatic N) is 3. The van der Waals surface area contributed by atoms with E-state index in [4.69, 9.17) is 11.8 Å². The maximum absolute atomic E-state index is 13.6. The largest absolute Gasteiger partial charge is 0.370 e. The predicted octanol–water partition coefficient (Wildman–Crippen LogP) is 3.38. The molecule has 0 unspecified atom stereocenters. The van der Waals surface area contributed by atoms with Crippen LogP contribution in [0.15, 0.2) is 65.6 Å². The van der Waals surface area contributed by atoms with Crippen LogP contribution in [0.2, 0.25) is 0 Å². The van der Waals surface area contributed by atoms with Crippen molar-refractivity contribution in [3.8, 4) is 0 Å². The summed E-state index contributed by atoms with van der Waals surface area (Å²) >= 11 is 6.50. The van der Waals surface area contributed by atoms with Crippen molar-refractivity contribution in [2.45, 2.75) is 11.3 Å². The molecule has 182 valence electrons. The fraction of sp³-hybridized carbons (Fsp3) is 0.304. The zero-order valence-electron chi connectivity index (χ0n) is 19.0. The Morgan fingerprint density at radius 3 is 2.41 bits per heavy atom. The lowest BCUT2D eigenvalue weighted by molar-refractivity contribution is 0.596. The van der Waals surface area contributed by atoms with Gasteiger partial charge in [0.1, 0.15) is 0 Å². The summed E-state index contributed by atoms with van der Waals surface area (Å²) in [5.74, 6) is 0. The van der Waals surface area contributed by atoms with Gasteiger partial charge < -0.3 is 10.2 Å². The van der Waals surface area contributed by atoms with E-state index in [0.29, 0.717) is 9.21 Å². The monoisotopic (exact) mass is 522 g/mol. The van der Waals surface area contributed by atoms with E-state index in [9.17, 15) is 16.8 Å². The van der Waals surface area contributed by atoms with Crippen LogP contribution in [0, 0.1) is 0 Å². The lowest BCUT2D eigenvalue weighted by atomic mass is 10.1. The van der Waals surface area contributed by atoms with E-state index >= 15 is 0 Å². The average molecular weight is 523 g/mol. The number of rotatable bonds is 6. The number of hydrogen-bond donors (Lipinski definition) is 1. The quantitative estimate of drug-likeness (QED) is 0.499. The number of halogens is 1. The van der Waals surface area contributed by atoms with E-state index in [-0.39, 0.29) is 16.3 Å². The van der Waals surface area contributed by atoms with Crippen LogP contribution in [0.1, 0.15) is 6.42 Å². The van der Waals surface area contributed by atoms with Crippen LogP contribution in [0.25, 0.3) is 10.8 Å². The van der Waals surface area contributed by atoms with E-state index in [1.165, 1.54) is 13.1 Å². The molecule has 34 heavy (non-hydrogen) atoms. The van der Waals surface area contributed by atoms with Crippen LogP contribution in [-0.4, -0.2) is 56.3 Å². The van der Waals surface area contributed by atoms with Crippen molar-refractivity contribution in [1.29, 1.82) is 0 Å². The maximum atomic E-state index is 13.6. The number of benzene rings is 3. The molecule has 1 N–H and O–H groups in total. The molecule has 4 rings (SSSR count). The van der Waals surface area contributed by atoms with Crippen molar-refractivity contribution >= 4 is 59.7 Å². The summed E-state index contributed by atoms with van der Waals surface area (Å²) in [7, 11) is -6.51. The van der Waals surface area contributed by atoms with Crippen molar-refractivity contribution in [2.24, 2.45) is 0 Å². The molecular weight excluding hydrogens is 496 g/mol. The van der Waals surface area contributed by atoms with E-state index in [2.05, 4.69) is 10.2 Å². The summed E-state index contributed by atoms with van der Waals surface area (Å²) < 4.78 is 53.8. The average Bonchev–Trinajstić information content (AvgIpc) is 3.11. The van der Waals surface area contributed by atoms with Gasteiger partial charge in [-0.15, -0.1) is 0 Å². The van der Waals surface area contributed by atoms with E-state index < -0.39 is 20.0 Å². The molecule has 0 bridgehead atoms. The first-order chi connectivity index (χ1) is 16.1. The zero-order valence-corrected chi connectivity index (χ0v) is 21.4. The SMILES string of the molecule is CN(c1cc(N2CCCNCC2)ccc1N(Cl)S(=O)(=O)c1cccc2ccccc12)S(C)(=O)=O. The molecule has 1 aliphatic heterocycles. The molecule has 1 fully saturated rings.